The van der Waals surface area contributed by atoms with Gasteiger partial charge in [-0.05, 0) is 17.7 Å². The van der Waals surface area contributed by atoms with Gasteiger partial charge in [0.2, 0.25) is 0 Å². The van der Waals surface area contributed by atoms with Gasteiger partial charge in [0.1, 0.15) is 0 Å². The molecule has 1 unspecified atom stereocenters. The van der Waals surface area contributed by atoms with Gasteiger partial charge in [0, 0.05) is 51.9 Å². The Morgan fingerprint density at radius 2 is 1.77 bits per heavy atom. The quantitative estimate of drug-likeness (QED) is 0.907. The fourth-order valence-corrected chi connectivity index (χ4v) is 3.48. The van der Waals surface area contributed by atoms with Crippen LogP contribution in [0.2, 0.25) is 10.0 Å². The molecule has 22 heavy (non-hydrogen) atoms. The lowest BCUT2D eigenvalue weighted by Crippen LogP contribution is -2.49. The number of nitrogens with zero attached hydrogens (tertiary/aromatic N) is 2. The Morgan fingerprint density at radius 3 is 2.45 bits per heavy atom. The number of rotatable bonds is 4. The zero-order chi connectivity index (χ0) is 15.4. The molecule has 1 aromatic rings. The third kappa shape index (κ3) is 4.13. The predicted octanol–water partition coefficient (Wildman–Crippen LogP) is 2.27. The van der Waals surface area contributed by atoms with Crippen LogP contribution in [-0.2, 0) is 4.74 Å². The van der Waals surface area contributed by atoms with Crippen LogP contribution in [0.15, 0.2) is 18.2 Å². The summed E-state index contributed by atoms with van der Waals surface area (Å²) >= 11 is 12.3. The Kier molecular flexibility index (Phi) is 5.96. The lowest BCUT2D eigenvalue weighted by atomic mass is 10.0. The fourth-order valence-electron chi connectivity index (χ4n) is 3.17. The van der Waals surface area contributed by atoms with Gasteiger partial charge in [-0.15, -0.1) is 0 Å². The van der Waals surface area contributed by atoms with Crippen LogP contribution in [0.5, 0.6) is 0 Å². The van der Waals surface area contributed by atoms with Crippen LogP contribution in [-0.4, -0.2) is 68.8 Å². The Balaban J connectivity index is 1.78. The highest BCUT2D eigenvalue weighted by molar-refractivity contribution is 6.42. The van der Waals surface area contributed by atoms with Crippen molar-refractivity contribution in [2.24, 2.45) is 0 Å². The molecule has 2 fully saturated rings. The van der Waals surface area contributed by atoms with Crippen molar-refractivity contribution in [3.63, 3.8) is 0 Å². The van der Waals surface area contributed by atoms with Gasteiger partial charge in [-0.25, -0.2) is 0 Å². The first-order valence-corrected chi connectivity index (χ1v) is 8.69. The minimum absolute atomic E-state index is 0.356. The molecule has 1 N–H and O–H groups in total. The van der Waals surface area contributed by atoms with Gasteiger partial charge in [0.05, 0.1) is 23.3 Å². The van der Waals surface area contributed by atoms with Crippen molar-refractivity contribution >= 4 is 23.2 Å². The number of ether oxygens (including phenoxy) is 1. The molecule has 0 aliphatic carbocycles. The SMILES string of the molecule is Clc1ccc(C(CN2CCOCC2)N2CCNCC2)cc1Cl. The monoisotopic (exact) mass is 343 g/mol. The zero-order valence-electron chi connectivity index (χ0n) is 12.7. The highest BCUT2D eigenvalue weighted by atomic mass is 35.5. The Hall–Kier alpha value is -0.360. The molecule has 1 aromatic carbocycles. The maximum Gasteiger partial charge on any atom is 0.0595 e. The van der Waals surface area contributed by atoms with E-state index in [9.17, 15) is 0 Å². The number of hydrogen-bond donors (Lipinski definition) is 1. The number of morpholine rings is 1. The number of halogens is 2. The second kappa shape index (κ2) is 7.95. The first-order valence-electron chi connectivity index (χ1n) is 7.94. The maximum atomic E-state index is 6.24. The highest BCUT2D eigenvalue weighted by Gasteiger charge is 2.25. The normalized spacial score (nSPS) is 22.6. The molecule has 4 nitrogen and oxygen atoms in total. The molecule has 6 heteroatoms. The molecule has 0 saturated carbocycles. The van der Waals surface area contributed by atoms with E-state index in [0.29, 0.717) is 16.1 Å². The summed E-state index contributed by atoms with van der Waals surface area (Å²) in [6.45, 7) is 8.90. The van der Waals surface area contributed by atoms with Gasteiger partial charge in [0.25, 0.3) is 0 Å². The summed E-state index contributed by atoms with van der Waals surface area (Å²) in [5, 5.41) is 4.68. The van der Waals surface area contributed by atoms with Crippen LogP contribution in [0.4, 0.5) is 0 Å². The van der Waals surface area contributed by atoms with Crippen LogP contribution in [0, 0.1) is 0 Å². The van der Waals surface area contributed by atoms with Crippen LogP contribution < -0.4 is 5.32 Å². The van der Waals surface area contributed by atoms with Crippen molar-refractivity contribution in [3.8, 4) is 0 Å². The first-order chi connectivity index (χ1) is 10.7. The third-order valence-corrected chi connectivity index (χ3v) is 5.19. The summed E-state index contributed by atoms with van der Waals surface area (Å²) in [5.41, 5.74) is 1.25. The van der Waals surface area contributed by atoms with E-state index in [4.69, 9.17) is 27.9 Å². The summed E-state index contributed by atoms with van der Waals surface area (Å²) in [7, 11) is 0. The van der Waals surface area contributed by atoms with Gasteiger partial charge in [-0.1, -0.05) is 29.3 Å². The molecule has 0 spiro atoms. The Labute approximate surface area is 142 Å². The molecular weight excluding hydrogens is 321 g/mol. The smallest absolute Gasteiger partial charge is 0.0595 e. The Morgan fingerprint density at radius 1 is 1.05 bits per heavy atom. The average molecular weight is 344 g/mol. The minimum atomic E-state index is 0.356. The van der Waals surface area contributed by atoms with Crippen molar-refractivity contribution in [3.05, 3.63) is 33.8 Å². The molecule has 0 bridgehead atoms. The fraction of sp³-hybridized carbons (Fsp3) is 0.625. The number of piperazine rings is 1. The van der Waals surface area contributed by atoms with E-state index in [1.54, 1.807) is 0 Å². The number of hydrogen-bond acceptors (Lipinski definition) is 4. The van der Waals surface area contributed by atoms with Gasteiger partial charge in [-0.2, -0.15) is 0 Å². The van der Waals surface area contributed by atoms with E-state index in [2.05, 4.69) is 21.2 Å². The second-order valence-corrected chi connectivity index (χ2v) is 6.70. The van der Waals surface area contributed by atoms with Crippen molar-refractivity contribution < 1.29 is 4.74 Å². The van der Waals surface area contributed by atoms with Crippen molar-refractivity contribution in [1.29, 1.82) is 0 Å². The maximum absolute atomic E-state index is 6.24. The first kappa shape index (κ1) is 16.5. The highest BCUT2D eigenvalue weighted by Crippen LogP contribution is 2.29. The summed E-state index contributed by atoms with van der Waals surface area (Å²) in [6.07, 6.45) is 0. The molecule has 2 heterocycles. The average Bonchev–Trinajstić information content (AvgIpc) is 2.57. The summed E-state index contributed by atoms with van der Waals surface area (Å²) in [5.74, 6) is 0. The molecule has 0 aromatic heterocycles. The molecule has 3 rings (SSSR count). The largest absolute Gasteiger partial charge is 0.379 e. The lowest BCUT2D eigenvalue weighted by Gasteiger charge is -2.39. The van der Waals surface area contributed by atoms with E-state index in [-0.39, 0.29) is 0 Å². The molecule has 122 valence electrons. The van der Waals surface area contributed by atoms with Gasteiger partial charge in [0.15, 0.2) is 0 Å². The Bertz CT molecular complexity index is 488. The van der Waals surface area contributed by atoms with Crippen LogP contribution >= 0.6 is 23.2 Å². The van der Waals surface area contributed by atoms with E-state index >= 15 is 0 Å². The molecule has 0 radical (unpaired) electrons. The van der Waals surface area contributed by atoms with E-state index in [1.807, 2.05) is 12.1 Å². The molecule has 2 saturated heterocycles. The third-order valence-electron chi connectivity index (χ3n) is 4.46. The molecule has 0 amide bonds. The molecule has 2 aliphatic heterocycles. The van der Waals surface area contributed by atoms with Gasteiger partial charge < -0.3 is 10.1 Å². The summed E-state index contributed by atoms with van der Waals surface area (Å²) in [6, 6.07) is 6.40. The zero-order valence-corrected chi connectivity index (χ0v) is 14.2. The van der Waals surface area contributed by atoms with Gasteiger partial charge in [-0.3, -0.25) is 9.80 Å². The van der Waals surface area contributed by atoms with Crippen LogP contribution in [0.25, 0.3) is 0 Å². The van der Waals surface area contributed by atoms with Crippen LogP contribution in [0.3, 0.4) is 0 Å². The standard InChI is InChI=1S/C16H23Cl2N3O/c17-14-2-1-13(11-15(14)18)16(21-5-3-19-4-6-21)12-20-7-9-22-10-8-20/h1-2,11,16,19H,3-10,12H2. The van der Waals surface area contributed by atoms with E-state index in [0.717, 1.165) is 59.0 Å². The van der Waals surface area contributed by atoms with Crippen LogP contribution in [0.1, 0.15) is 11.6 Å². The van der Waals surface area contributed by atoms with Crippen molar-refractivity contribution in [2.45, 2.75) is 6.04 Å². The van der Waals surface area contributed by atoms with Crippen molar-refractivity contribution in [1.82, 2.24) is 15.1 Å². The second-order valence-electron chi connectivity index (χ2n) is 5.89. The molecular formula is C16H23Cl2N3O. The number of nitrogens with one attached hydrogen (secondary N) is 1. The summed E-state index contributed by atoms with van der Waals surface area (Å²) in [4.78, 5) is 5.03. The molecule has 2 aliphatic rings. The van der Waals surface area contributed by atoms with E-state index in [1.165, 1.54) is 5.56 Å². The van der Waals surface area contributed by atoms with Gasteiger partial charge >= 0.3 is 0 Å². The minimum Gasteiger partial charge on any atom is -0.379 e. The van der Waals surface area contributed by atoms with Crippen molar-refractivity contribution in [2.75, 3.05) is 59.0 Å². The predicted molar refractivity (Wildman–Crippen MR) is 90.9 cm³/mol. The lowest BCUT2D eigenvalue weighted by molar-refractivity contribution is 0.0206. The summed E-state index contributed by atoms with van der Waals surface area (Å²) < 4.78 is 5.46. The molecule has 1 atom stereocenters. The van der Waals surface area contributed by atoms with E-state index < -0.39 is 0 Å². The topological polar surface area (TPSA) is 27.7 Å². The number of benzene rings is 1.